The van der Waals surface area contributed by atoms with E-state index in [0.29, 0.717) is 6.79 Å². The Labute approximate surface area is 69.7 Å². The molecule has 0 amide bonds. The number of rotatable bonds is 0. The average Bonchev–Trinajstić information content (AvgIpc) is 2.33. The molecule has 0 spiro atoms. The molecule has 0 aromatic heterocycles. The van der Waals surface area contributed by atoms with Crippen molar-refractivity contribution in [1.29, 1.82) is 0 Å². The largest absolute Gasteiger partial charge is 0.454 e. The van der Waals surface area contributed by atoms with Gasteiger partial charge in [-0.05, 0) is 17.4 Å². The van der Waals surface area contributed by atoms with Crippen molar-refractivity contribution in [3.63, 3.8) is 0 Å². The second-order valence-electron chi connectivity index (χ2n) is 2.11. The van der Waals surface area contributed by atoms with Crippen molar-refractivity contribution in [2.45, 2.75) is 0 Å². The van der Waals surface area contributed by atoms with E-state index in [1.165, 1.54) is 0 Å². The number of hydrogen-bond acceptors (Lipinski definition) is 2. The molecule has 2 rings (SSSR count). The summed E-state index contributed by atoms with van der Waals surface area (Å²) in [5, 5.41) is 1.12. The predicted molar refractivity (Wildman–Crippen MR) is 51.8 cm³/mol. The SMILES string of the molecule is B.Pc1ccc2c(c1)OCO2. The second-order valence-corrected chi connectivity index (χ2v) is 2.78. The molecule has 1 aromatic rings. The molecule has 4 heteroatoms. The van der Waals surface area contributed by atoms with E-state index in [-0.39, 0.29) is 8.41 Å². The molecular formula is C7H10BO2P. The van der Waals surface area contributed by atoms with Crippen LogP contribution in [-0.4, -0.2) is 15.2 Å². The number of hydrogen-bond donors (Lipinski definition) is 0. The number of ether oxygens (including phenoxy) is 2. The fraction of sp³-hybridized carbons (Fsp3) is 0.143. The van der Waals surface area contributed by atoms with Crippen LogP contribution in [0.25, 0.3) is 0 Å². The number of benzene rings is 1. The molecule has 1 unspecified atom stereocenters. The van der Waals surface area contributed by atoms with E-state index < -0.39 is 0 Å². The maximum absolute atomic E-state index is 5.14. The van der Waals surface area contributed by atoms with Gasteiger partial charge in [-0.25, -0.2) is 0 Å². The van der Waals surface area contributed by atoms with E-state index >= 15 is 0 Å². The topological polar surface area (TPSA) is 18.5 Å². The molecule has 0 radical (unpaired) electrons. The van der Waals surface area contributed by atoms with Crippen molar-refractivity contribution < 1.29 is 9.47 Å². The van der Waals surface area contributed by atoms with Crippen LogP contribution in [0.1, 0.15) is 0 Å². The quantitative estimate of drug-likeness (QED) is 0.392. The van der Waals surface area contributed by atoms with E-state index in [9.17, 15) is 0 Å². The standard InChI is InChI=1S/C7H7O2P.BH3/c10-5-1-2-6-7(3-5)9-4-8-6;/h1-3H,4,10H2;1H3. The van der Waals surface area contributed by atoms with E-state index in [1.807, 2.05) is 18.2 Å². The van der Waals surface area contributed by atoms with E-state index in [1.54, 1.807) is 0 Å². The Morgan fingerprint density at radius 2 is 1.91 bits per heavy atom. The summed E-state index contributed by atoms with van der Waals surface area (Å²) < 4.78 is 10.3. The van der Waals surface area contributed by atoms with E-state index in [4.69, 9.17) is 9.47 Å². The van der Waals surface area contributed by atoms with Gasteiger partial charge in [-0.3, -0.25) is 0 Å². The molecule has 1 aromatic carbocycles. The average molecular weight is 168 g/mol. The number of fused-ring (bicyclic) bond motifs is 1. The van der Waals surface area contributed by atoms with Crippen molar-refractivity contribution in [3.8, 4) is 11.5 Å². The van der Waals surface area contributed by atoms with Gasteiger partial charge in [0.25, 0.3) is 0 Å². The van der Waals surface area contributed by atoms with Gasteiger partial charge >= 0.3 is 0 Å². The minimum absolute atomic E-state index is 0. The fourth-order valence-corrected chi connectivity index (χ4v) is 1.16. The summed E-state index contributed by atoms with van der Waals surface area (Å²) in [6.07, 6.45) is 0. The fourth-order valence-electron chi connectivity index (χ4n) is 0.913. The van der Waals surface area contributed by atoms with Crippen LogP contribution < -0.4 is 14.8 Å². The van der Waals surface area contributed by atoms with Gasteiger partial charge in [-0.15, -0.1) is 9.24 Å². The molecule has 11 heavy (non-hydrogen) atoms. The molecule has 1 aliphatic rings. The molecule has 0 saturated heterocycles. The Bertz CT molecular complexity index is 265. The lowest BCUT2D eigenvalue weighted by atomic mass is 10.3. The van der Waals surface area contributed by atoms with Gasteiger partial charge in [0.15, 0.2) is 11.5 Å². The lowest BCUT2D eigenvalue weighted by Gasteiger charge is -1.94. The van der Waals surface area contributed by atoms with E-state index in [2.05, 4.69) is 9.24 Å². The molecular weight excluding hydrogens is 158 g/mol. The van der Waals surface area contributed by atoms with Gasteiger partial charge in [0.2, 0.25) is 6.79 Å². The first-order valence-corrected chi connectivity index (χ1v) is 3.59. The van der Waals surface area contributed by atoms with Crippen molar-refractivity contribution in [2.24, 2.45) is 0 Å². The molecule has 0 saturated carbocycles. The predicted octanol–water partition coefficient (Wildman–Crippen LogP) is -0.268. The van der Waals surface area contributed by atoms with Gasteiger partial charge in [0, 0.05) is 0 Å². The minimum atomic E-state index is 0. The summed E-state index contributed by atoms with van der Waals surface area (Å²) in [4.78, 5) is 0. The maximum Gasteiger partial charge on any atom is 0.231 e. The van der Waals surface area contributed by atoms with Crippen LogP contribution in [0.4, 0.5) is 0 Å². The first-order chi connectivity index (χ1) is 4.86. The minimum Gasteiger partial charge on any atom is -0.454 e. The molecule has 0 fully saturated rings. The molecule has 0 bridgehead atoms. The summed E-state index contributed by atoms with van der Waals surface area (Å²) in [5.74, 6) is 1.68. The van der Waals surface area contributed by atoms with Gasteiger partial charge in [-0.2, -0.15) is 0 Å². The molecule has 2 nitrogen and oxygen atoms in total. The van der Waals surface area contributed by atoms with Crippen LogP contribution in [0.5, 0.6) is 11.5 Å². The molecule has 1 heterocycles. The molecule has 1 aliphatic heterocycles. The zero-order valence-electron chi connectivity index (χ0n) is 5.33. The van der Waals surface area contributed by atoms with Gasteiger partial charge < -0.3 is 9.47 Å². The maximum atomic E-state index is 5.14. The highest BCUT2D eigenvalue weighted by molar-refractivity contribution is 7.27. The molecule has 58 valence electrons. The summed E-state index contributed by atoms with van der Waals surface area (Å²) >= 11 is 0. The van der Waals surface area contributed by atoms with Gasteiger partial charge in [0.05, 0.1) is 8.41 Å². The highest BCUT2D eigenvalue weighted by Gasteiger charge is 2.11. The smallest absolute Gasteiger partial charge is 0.231 e. The second kappa shape index (κ2) is 3.14. The highest BCUT2D eigenvalue weighted by Crippen LogP contribution is 2.30. The molecule has 0 N–H and O–H groups in total. The van der Waals surface area contributed by atoms with Crippen LogP contribution >= 0.6 is 9.24 Å². The third-order valence-electron chi connectivity index (χ3n) is 1.40. The molecule has 0 aliphatic carbocycles. The van der Waals surface area contributed by atoms with Crippen molar-refractivity contribution in [1.82, 2.24) is 0 Å². The van der Waals surface area contributed by atoms with Crippen molar-refractivity contribution in [3.05, 3.63) is 18.2 Å². The van der Waals surface area contributed by atoms with Crippen LogP contribution in [0, 0.1) is 0 Å². The third kappa shape index (κ3) is 1.49. The first kappa shape index (κ1) is 8.41. The zero-order chi connectivity index (χ0) is 6.97. The molecule has 1 atom stereocenters. The summed E-state index contributed by atoms with van der Waals surface area (Å²) in [5.41, 5.74) is 0. The lowest BCUT2D eigenvalue weighted by Crippen LogP contribution is -1.93. The van der Waals surface area contributed by atoms with Crippen molar-refractivity contribution in [2.75, 3.05) is 6.79 Å². The lowest BCUT2D eigenvalue weighted by molar-refractivity contribution is 0.174. The zero-order valence-corrected chi connectivity index (χ0v) is 6.49. The van der Waals surface area contributed by atoms with Crippen LogP contribution in [-0.2, 0) is 0 Å². The van der Waals surface area contributed by atoms with Crippen LogP contribution in [0.3, 0.4) is 0 Å². The van der Waals surface area contributed by atoms with Crippen LogP contribution in [0.2, 0.25) is 0 Å². The van der Waals surface area contributed by atoms with Gasteiger partial charge in [-0.1, -0.05) is 6.07 Å². The van der Waals surface area contributed by atoms with Crippen LogP contribution in [0.15, 0.2) is 18.2 Å². The Morgan fingerprint density at radius 3 is 2.73 bits per heavy atom. The summed E-state index contributed by atoms with van der Waals surface area (Å²) in [7, 11) is 2.61. The van der Waals surface area contributed by atoms with Crippen molar-refractivity contribution >= 4 is 23.0 Å². The highest BCUT2D eigenvalue weighted by atomic mass is 31.0. The summed E-state index contributed by atoms with van der Waals surface area (Å²) in [6.45, 7) is 0.351. The summed E-state index contributed by atoms with van der Waals surface area (Å²) in [6, 6.07) is 5.82. The monoisotopic (exact) mass is 168 g/mol. The van der Waals surface area contributed by atoms with Gasteiger partial charge in [0.1, 0.15) is 0 Å². The Morgan fingerprint density at radius 1 is 1.18 bits per heavy atom. The Balaban J connectivity index is 0.000000605. The normalized spacial score (nSPS) is 12.5. The Hall–Kier alpha value is -0.685. The third-order valence-corrected chi connectivity index (χ3v) is 1.76. The first-order valence-electron chi connectivity index (χ1n) is 3.01. The van der Waals surface area contributed by atoms with E-state index in [0.717, 1.165) is 16.8 Å². The Kier molecular flexibility index (Phi) is 2.40.